The maximum Gasteiger partial charge on any atom is 0.272 e. The number of carbonyl (C=O) groups excluding carboxylic acids is 1. The monoisotopic (exact) mass is 489 g/mol. The number of para-hydroxylation sites is 1. The number of nitrogens with zero attached hydrogens (tertiary/aromatic N) is 2. The number of carbonyl (C=O) groups is 1. The number of halogens is 1. The molecule has 0 radical (unpaired) electrons. The van der Waals surface area contributed by atoms with Gasteiger partial charge in [-0.05, 0) is 43.2 Å². The molecule has 1 N–H and O–H groups in total. The first-order valence-corrected chi connectivity index (χ1v) is 12.9. The Balaban J connectivity index is 1.69. The molecule has 2 aromatic carbocycles. The maximum atomic E-state index is 13.4. The molecule has 1 aliphatic heterocycles. The van der Waals surface area contributed by atoms with Crippen molar-refractivity contribution in [1.82, 2.24) is 8.87 Å². The summed E-state index contributed by atoms with van der Waals surface area (Å²) in [5, 5.41) is 4.16. The zero-order valence-corrected chi connectivity index (χ0v) is 20.4. The third kappa shape index (κ3) is 4.66. The predicted octanol–water partition coefficient (Wildman–Crippen LogP) is 4.68. The highest BCUT2D eigenvalue weighted by Gasteiger charge is 2.27. The zero-order valence-electron chi connectivity index (χ0n) is 18.8. The fourth-order valence-corrected chi connectivity index (χ4v) is 5.80. The van der Waals surface area contributed by atoms with Crippen LogP contribution in [0.25, 0.3) is 10.9 Å². The lowest BCUT2D eigenvalue weighted by Crippen LogP contribution is -2.40. The number of ether oxygens (including phenoxy) is 1. The van der Waals surface area contributed by atoms with E-state index in [1.807, 2.05) is 35.8 Å². The second-order valence-corrected chi connectivity index (χ2v) is 10.5. The van der Waals surface area contributed by atoms with E-state index in [0.717, 1.165) is 29.3 Å². The molecule has 33 heavy (non-hydrogen) atoms. The van der Waals surface area contributed by atoms with E-state index < -0.39 is 10.0 Å². The van der Waals surface area contributed by atoms with Crippen LogP contribution in [-0.2, 0) is 21.3 Å². The van der Waals surface area contributed by atoms with E-state index in [2.05, 4.69) is 12.2 Å². The van der Waals surface area contributed by atoms with Gasteiger partial charge in [-0.15, -0.1) is 0 Å². The van der Waals surface area contributed by atoms with Gasteiger partial charge in [-0.2, -0.15) is 4.31 Å². The molecule has 176 valence electrons. The smallest absolute Gasteiger partial charge is 0.272 e. The van der Waals surface area contributed by atoms with Gasteiger partial charge in [0, 0.05) is 30.5 Å². The summed E-state index contributed by atoms with van der Waals surface area (Å²) in [6.45, 7) is 6.06. The SMILES string of the molecule is CCCCn1c(C(=O)Nc2cc(S(=O)(=O)N3CCOCC3)ccc2Cl)c(C)c2ccccc21. The Kier molecular flexibility index (Phi) is 7.09. The third-order valence-electron chi connectivity index (χ3n) is 5.97. The van der Waals surface area contributed by atoms with Crippen molar-refractivity contribution in [2.45, 2.75) is 38.1 Å². The summed E-state index contributed by atoms with van der Waals surface area (Å²) in [5.41, 5.74) is 2.71. The minimum Gasteiger partial charge on any atom is -0.379 e. The lowest BCUT2D eigenvalue weighted by molar-refractivity contribution is 0.0730. The molecule has 3 aromatic rings. The van der Waals surface area contributed by atoms with E-state index in [4.69, 9.17) is 16.3 Å². The van der Waals surface area contributed by atoms with Gasteiger partial charge in [0.1, 0.15) is 5.69 Å². The third-order valence-corrected chi connectivity index (χ3v) is 8.19. The highest BCUT2D eigenvalue weighted by molar-refractivity contribution is 7.89. The van der Waals surface area contributed by atoms with Gasteiger partial charge in [0.05, 0.1) is 28.8 Å². The number of benzene rings is 2. The van der Waals surface area contributed by atoms with Crippen LogP contribution in [0.4, 0.5) is 5.69 Å². The predicted molar refractivity (Wildman–Crippen MR) is 131 cm³/mol. The average molecular weight is 490 g/mol. The number of hydrogen-bond acceptors (Lipinski definition) is 4. The van der Waals surface area contributed by atoms with Gasteiger partial charge in [-0.1, -0.05) is 43.1 Å². The number of anilines is 1. The highest BCUT2D eigenvalue weighted by atomic mass is 35.5. The number of hydrogen-bond donors (Lipinski definition) is 1. The molecular weight excluding hydrogens is 462 g/mol. The van der Waals surface area contributed by atoms with E-state index in [1.54, 1.807) is 0 Å². The van der Waals surface area contributed by atoms with Crippen LogP contribution >= 0.6 is 11.6 Å². The Morgan fingerprint density at radius 1 is 1.15 bits per heavy atom. The molecule has 1 aromatic heterocycles. The molecule has 7 nitrogen and oxygen atoms in total. The molecule has 0 saturated carbocycles. The van der Waals surface area contributed by atoms with Crippen LogP contribution in [0.5, 0.6) is 0 Å². The second kappa shape index (κ2) is 9.85. The molecule has 0 atom stereocenters. The number of unbranched alkanes of at least 4 members (excludes halogenated alkanes) is 1. The lowest BCUT2D eigenvalue weighted by Gasteiger charge is -2.26. The molecule has 1 amide bonds. The van der Waals surface area contributed by atoms with Gasteiger partial charge in [0.2, 0.25) is 10.0 Å². The fraction of sp³-hybridized carbons (Fsp3) is 0.375. The normalized spacial score (nSPS) is 15.1. The van der Waals surface area contributed by atoms with E-state index in [-0.39, 0.29) is 21.5 Å². The summed E-state index contributed by atoms with van der Waals surface area (Å²) >= 11 is 6.36. The lowest BCUT2D eigenvalue weighted by atomic mass is 10.1. The summed E-state index contributed by atoms with van der Waals surface area (Å²) < 4.78 is 34.8. The number of aromatic nitrogens is 1. The number of nitrogens with one attached hydrogen (secondary N) is 1. The molecule has 4 rings (SSSR count). The van der Waals surface area contributed by atoms with Crippen molar-refractivity contribution >= 4 is 44.1 Å². The summed E-state index contributed by atoms with van der Waals surface area (Å²) in [6.07, 6.45) is 1.94. The Morgan fingerprint density at radius 2 is 1.88 bits per heavy atom. The van der Waals surface area contributed by atoms with Crippen molar-refractivity contribution in [1.29, 1.82) is 0 Å². The number of morpholine rings is 1. The highest BCUT2D eigenvalue weighted by Crippen LogP contribution is 2.30. The average Bonchev–Trinajstić information content (AvgIpc) is 3.11. The molecule has 1 aliphatic rings. The van der Waals surface area contributed by atoms with Crippen molar-refractivity contribution < 1.29 is 17.9 Å². The first-order chi connectivity index (χ1) is 15.8. The first kappa shape index (κ1) is 23.8. The van der Waals surface area contributed by atoms with Crippen LogP contribution in [0.1, 0.15) is 35.8 Å². The number of amides is 1. The maximum absolute atomic E-state index is 13.4. The zero-order chi connectivity index (χ0) is 23.6. The van der Waals surface area contributed by atoms with Crippen molar-refractivity contribution in [2.75, 3.05) is 31.6 Å². The molecule has 0 spiro atoms. The molecule has 1 fully saturated rings. The van der Waals surface area contributed by atoms with Gasteiger partial charge in [-0.25, -0.2) is 8.42 Å². The van der Waals surface area contributed by atoms with E-state index in [0.29, 0.717) is 38.5 Å². The van der Waals surface area contributed by atoms with Crippen LogP contribution < -0.4 is 5.32 Å². The Labute approximate surface area is 199 Å². The van der Waals surface area contributed by atoms with Gasteiger partial charge in [0.25, 0.3) is 5.91 Å². The molecular formula is C24H28ClN3O4S. The summed E-state index contributed by atoms with van der Waals surface area (Å²) in [5.74, 6) is -0.317. The van der Waals surface area contributed by atoms with Gasteiger partial charge in [0.15, 0.2) is 0 Å². The number of sulfonamides is 1. The van der Waals surface area contributed by atoms with Crippen LogP contribution in [-0.4, -0.2) is 49.5 Å². The van der Waals surface area contributed by atoms with E-state index in [1.165, 1.54) is 22.5 Å². The molecule has 9 heteroatoms. The quantitative estimate of drug-likeness (QED) is 0.522. The summed E-state index contributed by atoms with van der Waals surface area (Å²) in [7, 11) is -3.71. The van der Waals surface area contributed by atoms with Crippen LogP contribution in [0.3, 0.4) is 0 Å². The minimum atomic E-state index is -3.71. The summed E-state index contributed by atoms with van der Waals surface area (Å²) in [4.78, 5) is 13.5. The Morgan fingerprint density at radius 3 is 2.61 bits per heavy atom. The standard InChI is InChI=1S/C24H28ClN3O4S/c1-3-4-11-28-22-8-6-5-7-19(22)17(2)23(28)24(29)26-21-16-18(9-10-20(21)25)33(30,31)27-12-14-32-15-13-27/h5-10,16H,3-4,11-15H2,1-2H3,(H,26,29). The van der Waals surface area contributed by atoms with Crippen molar-refractivity contribution in [3.8, 4) is 0 Å². The molecule has 0 bridgehead atoms. The van der Waals surface area contributed by atoms with Crippen molar-refractivity contribution in [3.63, 3.8) is 0 Å². The fourth-order valence-electron chi connectivity index (χ4n) is 4.20. The van der Waals surface area contributed by atoms with Gasteiger partial charge in [-0.3, -0.25) is 4.79 Å². The van der Waals surface area contributed by atoms with Crippen molar-refractivity contribution in [2.24, 2.45) is 0 Å². The van der Waals surface area contributed by atoms with E-state index >= 15 is 0 Å². The molecule has 0 unspecified atom stereocenters. The largest absolute Gasteiger partial charge is 0.379 e. The van der Waals surface area contributed by atoms with Crippen LogP contribution in [0, 0.1) is 6.92 Å². The van der Waals surface area contributed by atoms with Crippen LogP contribution in [0.2, 0.25) is 5.02 Å². The number of rotatable bonds is 7. The Hall–Kier alpha value is -2.39. The Bertz CT molecular complexity index is 1280. The van der Waals surface area contributed by atoms with Gasteiger partial charge < -0.3 is 14.6 Å². The van der Waals surface area contributed by atoms with Gasteiger partial charge >= 0.3 is 0 Å². The molecule has 0 aliphatic carbocycles. The minimum absolute atomic E-state index is 0.0901. The van der Waals surface area contributed by atoms with Crippen molar-refractivity contribution in [3.05, 3.63) is 58.7 Å². The first-order valence-electron chi connectivity index (χ1n) is 11.1. The summed E-state index contributed by atoms with van der Waals surface area (Å²) in [6, 6.07) is 12.3. The second-order valence-electron chi connectivity index (χ2n) is 8.11. The number of fused-ring (bicyclic) bond motifs is 1. The molecule has 1 saturated heterocycles. The molecule has 2 heterocycles. The topological polar surface area (TPSA) is 80.6 Å². The van der Waals surface area contributed by atoms with Crippen LogP contribution in [0.15, 0.2) is 47.4 Å². The number of aryl methyl sites for hydroxylation is 2. The van der Waals surface area contributed by atoms with E-state index in [9.17, 15) is 13.2 Å².